The third-order valence-corrected chi connectivity index (χ3v) is 2.54. The number of likely N-dealkylation sites (tertiary alicyclic amines) is 1. The van der Waals surface area contributed by atoms with Gasteiger partial charge in [0.15, 0.2) is 0 Å². The molecule has 0 aromatic heterocycles. The quantitative estimate of drug-likeness (QED) is 0.644. The van der Waals surface area contributed by atoms with Gasteiger partial charge in [0.2, 0.25) is 0 Å². The van der Waals surface area contributed by atoms with Gasteiger partial charge in [-0.2, -0.15) is 0 Å². The van der Waals surface area contributed by atoms with E-state index in [1.165, 1.54) is 19.5 Å². The Labute approximate surface area is 80.7 Å². The molecule has 0 spiro atoms. The van der Waals surface area contributed by atoms with Crippen molar-refractivity contribution in [3.8, 4) is 0 Å². The summed E-state index contributed by atoms with van der Waals surface area (Å²) in [5, 5.41) is 8.50. The number of aliphatic hydroxyl groups excluding tert-OH is 1. The van der Waals surface area contributed by atoms with E-state index in [2.05, 4.69) is 18.7 Å². The second-order valence-corrected chi connectivity index (χ2v) is 4.53. The summed E-state index contributed by atoms with van der Waals surface area (Å²) >= 11 is 0. The van der Waals surface area contributed by atoms with E-state index in [1.807, 2.05) is 0 Å². The monoisotopic (exact) mass is 187 g/mol. The van der Waals surface area contributed by atoms with E-state index < -0.39 is 0 Å². The first kappa shape index (κ1) is 11.0. The van der Waals surface area contributed by atoms with Gasteiger partial charge in [-0.1, -0.05) is 13.8 Å². The zero-order valence-corrected chi connectivity index (χ0v) is 8.75. The summed E-state index contributed by atoms with van der Waals surface area (Å²) in [5.41, 5.74) is 0.483. The van der Waals surface area contributed by atoms with Crippen molar-refractivity contribution >= 4 is 0 Å². The largest absolute Gasteiger partial charge is 0.394 e. The highest BCUT2D eigenvalue weighted by Crippen LogP contribution is 2.28. The van der Waals surface area contributed by atoms with Gasteiger partial charge in [0, 0.05) is 13.1 Å². The normalized spacial score (nSPS) is 22.4. The summed E-state index contributed by atoms with van der Waals surface area (Å²) in [4.78, 5) is 2.43. The number of nitrogens with zero attached hydrogens (tertiary/aromatic N) is 1. The van der Waals surface area contributed by atoms with Crippen molar-refractivity contribution in [1.29, 1.82) is 0 Å². The predicted octanol–water partition coefficient (Wildman–Crippen LogP) is 0.727. The van der Waals surface area contributed by atoms with E-state index in [9.17, 15) is 0 Å². The molecule has 3 nitrogen and oxygen atoms in total. The van der Waals surface area contributed by atoms with Crippen LogP contribution in [0.2, 0.25) is 0 Å². The van der Waals surface area contributed by atoms with Gasteiger partial charge in [-0.3, -0.25) is 0 Å². The van der Waals surface area contributed by atoms with Gasteiger partial charge >= 0.3 is 0 Å². The summed E-state index contributed by atoms with van der Waals surface area (Å²) in [6, 6.07) is 0. The van der Waals surface area contributed by atoms with Crippen molar-refractivity contribution in [3.63, 3.8) is 0 Å². The molecule has 1 N–H and O–H groups in total. The third kappa shape index (κ3) is 4.07. The number of aliphatic hydroxyl groups is 1. The van der Waals surface area contributed by atoms with Gasteiger partial charge in [0.1, 0.15) is 0 Å². The molecular weight excluding hydrogens is 166 g/mol. The van der Waals surface area contributed by atoms with Gasteiger partial charge in [-0.05, 0) is 18.4 Å². The molecule has 1 fully saturated rings. The van der Waals surface area contributed by atoms with Gasteiger partial charge in [-0.25, -0.2) is 0 Å². The molecule has 13 heavy (non-hydrogen) atoms. The number of rotatable bonds is 5. The van der Waals surface area contributed by atoms with Crippen molar-refractivity contribution in [2.45, 2.75) is 20.3 Å². The average Bonchev–Trinajstić information content (AvgIpc) is 2.40. The molecule has 78 valence electrons. The van der Waals surface area contributed by atoms with Crippen molar-refractivity contribution < 1.29 is 9.84 Å². The van der Waals surface area contributed by atoms with Crippen LogP contribution in [0.4, 0.5) is 0 Å². The molecule has 0 radical (unpaired) electrons. The van der Waals surface area contributed by atoms with Crippen LogP contribution in [0.15, 0.2) is 0 Å². The highest BCUT2D eigenvalue weighted by Gasteiger charge is 2.28. The van der Waals surface area contributed by atoms with Crippen LogP contribution in [0.25, 0.3) is 0 Å². The van der Waals surface area contributed by atoms with Crippen LogP contribution in [0.5, 0.6) is 0 Å². The van der Waals surface area contributed by atoms with Crippen molar-refractivity contribution in [1.82, 2.24) is 4.90 Å². The summed E-state index contributed by atoms with van der Waals surface area (Å²) in [6.07, 6.45) is 1.28. The molecule has 0 aromatic rings. The maximum atomic E-state index is 8.50. The molecule has 1 heterocycles. The lowest BCUT2D eigenvalue weighted by Crippen LogP contribution is -2.27. The zero-order valence-electron chi connectivity index (χ0n) is 8.75. The predicted molar refractivity (Wildman–Crippen MR) is 52.7 cm³/mol. The standard InChI is InChI=1S/C10H21NO2/c1-10(2)3-4-11(9-10)5-7-13-8-6-12/h12H,3-9H2,1-2H3. The summed E-state index contributed by atoms with van der Waals surface area (Å²) in [7, 11) is 0. The fourth-order valence-electron chi connectivity index (χ4n) is 1.78. The second kappa shape index (κ2) is 4.94. The van der Waals surface area contributed by atoms with Crippen LogP contribution in [0.3, 0.4) is 0 Å². The summed E-state index contributed by atoms with van der Waals surface area (Å²) in [5.74, 6) is 0. The van der Waals surface area contributed by atoms with E-state index in [1.54, 1.807) is 0 Å². The first-order chi connectivity index (χ1) is 6.14. The van der Waals surface area contributed by atoms with Crippen LogP contribution in [0.1, 0.15) is 20.3 Å². The lowest BCUT2D eigenvalue weighted by Gasteiger charge is -2.19. The number of ether oxygens (including phenoxy) is 1. The molecule has 1 saturated heterocycles. The molecule has 0 atom stereocenters. The molecular formula is C10H21NO2. The lowest BCUT2D eigenvalue weighted by molar-refractivity contribution is 0.0765. The summed E-state index contributed by atoms with van der Waals surface area (Å²) in [6.45, 7) is 9.33. The van der Waals surface area contributed by atoms with Crippen LogP contribution < -0.4 is 0 Å². The molecule has 0 aliphatic carbocycles. The van der Waals surface area contributed by atoms with Gasteiger partial charge in [0.25, 0.3) is 0 Å². The van der Waals surface area contributed by atoms with Crippen LogP contribution >= 0.6 is 0 Å². The fraction of sp³-hybridized carbons (Fsp3) is 1.00. The average molecular weight is 187 g/mol. The molecule has 1 aliphatic heterocycles. The molecule has 0 unspecified atom stereocenters. The van der Waals surface area contributed by atoms with Crippen molar-refractivity contribution in [2.24, 2.45) is 5.41 Å². The Morgan fingerprint density at radius 2 is 2.15 bits per heavy atom. The minimum Gasteiger partial charge on any atom is -0.394 e. The second-order valence-electron chi connectivity index (χ2n) is 4.53. The van der Waals surface area contributed by atoms with Crippen LogP contribution in [-0.2, 0) is 4.74 Å². The van der Waals surface area contributed by atoms with E-state index in [4.69, 9.17) is 9.84 Å². The fourth-order valence-corrected chi connectivity index (χ4v) is 1.78. The molecule has 0 amide bonds. The Balaban J connectivity index is 2.04. The molecule has 0 saturated carbocycles. The number of hydrogen-bond donors (Lipinski definition) is 1. The lowest BCUT2D eigenvalue weighted by atomic mass is 9.93. The Kier molecular flexibility index (Phi) is 4.16. The SMILES string of the molecule is CC1(C)CCN(CCOCCO)C1. The Bertz CT molecular complexity index is 148. The zero-order chi connectivity index (χ0) is 9.73. The van der Waals surface area contributed by atoms with Crippen molar-refractivity contribution in [3.05, 3.63) is 0 Å². The Morgan fingerprint density at radius 3 is 2.69 bits per heavy atom. The molecule has 3 heteroatoms. The highest BCUT2D eigenvalue weighted by molar-refractivity contribution is 4.82. The van der Waals surface area contributed by atoms with E-state index >= 15 is 0 Å². The van der Waals surface area contributed by atoms with E-state index in [0.29, 0.717) is 12.0 Å². The Morgan fingerprint density at radius 1 is 1.38 bits per heavy atom. The minimum absolute atomic E-state index is 0.130. The third-order valence-electron chi connectivity index (χ3n) is 2.54. The van der Waals surface area contributed by atoms with Gasteiger partial charge in [-0.15, -0.1) is 0 Å². The first-order valence-electron chi connectivity index (χ1n) is 5.05. The molecule has 0 aromatic carbocycles. The van der Waals surface area contributed by atoms with Gasteiger partial charge < -0.3 is 14.7 Å². The topological polar surface area (TPSA) is 32.7 Å². The molecule has 1 aliphatic rings. The smallest absolute Gasteiger partial charge is 0.0698 e. The maximum absolute atomic E-state index is 8.50. The number of hydrogen-bond acceptors (Lipinski definition) is 3. The van der Waals surface area contributed by atoms with Gasteiger partial charge in [0.05, 0.1) is 19.8 Å². The molecule has 0 bridgehead atoms. The first-order valence-corrected chi connectivity index (χ1v) is 5.05. The van der Waals surface area contributed by atoms with Crippen LogP contribution in [0, 0.1) is 5.41 Å². The van der Waals surface area contributed by atoms with Crippen LogP contribution in [-0.4, -0.2) is 49.5 Å². The maximum Gasteiger partial charge on any atom is 0.0698 e. The van der Waals surface area contributed by atoms with E-state index in [-0.39, 0.29) is 6.61 Å². The minimum atomic E-state index is 0.130. The highest BCUT2D eigenvalue weighted by atomic mass is 16.5. The molecule has 1 rings (SSSR count). The summed E-state index contributed by atoms with van der Waals surface area (Å²) < 4.78 is 5.22. The van der Waals surface area contributed by atoms with Crippen molar-refractivity contribution in [2.75, 3.05) is 39.5 Å². The van der Waals surface area contributed by atoms with E-state index in [0.717, 1.165) is 13.2 Å². The Hall–Kier alpha value is -0.120.